The second-order valence-electron chi connectivity index (χ2n) is 6.21. The summed E-state index contributed by atoms with van der Waals surface area (Å²) in [5.74, 6) is 0.626. The summed E-state index contributed by atoms with van der Waals surface area (Å²) in [4.78, 5) is 26.1. The second-order valence-corrected chi connectivity index (χ2v) is 6.21. The average molecular weight is 301 g/mol. The largest absolute Gasteiger partial charge is 0.336 e. The van der Waals surface area contributed by atoms with Gasteiger partial charge >= 0.3 is 6.03 Å². The van der Waals surface area contributed by atoms with Crippen LogP contribution >= 0.6 is 0 Å². The number of carbonyl (C=O) groups is 2. The fourth-order valence-electron chi connectivity index (χ4n) is 3.08. The van der Waals surface area contributed by atoms with E-state index in [-0.39, 0.29) is 18.0 Å². The summed E-state index contributed by atoms with van der Waals surface area (Å²) in [7, 11) is 0. The Morgan fingerprint density at radius 2 is 2.05 bits per heavy atom. The van der Waals surface area contributed by atoms with Gasteiger partial charge in [0.05, 0.1) is 0 Å². The average Bonchev–Trinajstić information content (AvgIpc) is 3.20. The smallest absolute Gasteiger partial charge is 0.315 e. The first-order chi connectivity index (χ1) is 10.7. The normalized spacial score (nSPS) is 26.9. The van der Waals surface area contributed by atoms with Crippen LogP contribution in [-0.2, 0) is 11.3 Å². The van der Waals surface area contributed by atoms with Crippen molar-refractivity contribution in [3.05, 3.63) is 35.9 Å². The number of carbonyl (C=O) groups excluding carboxylic acids is 2. The molecule has 1 aliphatic heterocycles. The Kier molecular flexibility index (Phi) is 4.32. The first-order valence-corrected chi connectivity index (χ1v) is 8.07. The highest BCUT2D eigenvalue weighted by molar-refractivity contribution is 5.88. The number of nitrogens with one attached hydrogen (secondary N) is 2. The molecule has 118 valence electrons. The molecule has 2 fully saturated rings. The van der Waals surface area contributed by atoms with E-state index >= 15 is 0 Å². The van der Waals surface area contributed by atoms with Gasteiger partial charge in [0, 0.05) is 19.1 Å². The zero-order valence-corrected chi connectivity index (χ0v) is 12.9. The van der Waals surface area contributed by atoms with E-state index in [2.05, 4.69) is 17.6 Å². The van der Waals surface area contributed by atoms with Gasteiger partial charge in [-0.05, 0) is 24.3 Å². The minimum atomic E-state index is -0.387. The van der Waals surface area contributed by atoms with Crippen LogP contribution < -0.4 is 10.6 Å². The van der Waals surface area contributed by atoms with E-state index in [4.69, 9.17) is 0 Å². The molecule has 1 unspecified atom stereocenters. The van der Waals surface area contributed by atoms with E-state index in [1.807, 2.05) is 35.2 Å². The summed E-state index contributed by atoms with van der Waals surface area (Å²) >= 11 is 0. The Bertz CT molecular complexity index is 546. The van der Waals surface area contributed by atoms with E-state index in [1.165, 1.54) is 0 Å². The third-order valence-corrected chi connectivity index (χ3v) is 4.58. The summed E-state index contributed by atoms with van der Waals surface area (Å²) in [5, 5.41) is 5.77. The van der Waals surface area contributed by atoms with E-state index in [0.717, 1.165) is 18.4 Å². The van der Waals surface area contributed by atoms with Gasteiger partial charge in [-0.15, -0.1) is 0 Å². The van der Waals surface area contributed by atoms with Crippen LogP contribution in [0.1, 0.15) is 31.7 Å². The zero-order valence-electron chi connectivity index (χ0n) is 12.9. The molecule has 0 radical (unpaired) electrons. The van der Waals surface area contributed by atoms with Crippen molar-refractivity contribution in [2.24, 2.45) is 5.92 Å². The standard InChI is InChI=1S/C17H23N3O2/c1-2-13-10-15(13)19-17(22)18-14-8-9-20(16(14)21)11-12-6-4-3-5-7-12/h3-7,13-15H,2,8-11H2,1H3,(H2,18,19,22)/t13-,14?,15-/m1/s1. The topological polar surface area (TPSA) is 61.4 Å². The van der Waals surface area contributed by atoms with Crippen molar-refractivity contribution >= 4 is 11.9 Å². The molecule has 1 saturated heterocycles. The summed E-state index contributed by atoms with van der Waals surface area (Å²) in [6.07, 6.45) is 2.84. The van der Waals surface area contributed by atoms with Crippen molar-refractivity contribution in [2.45, 2.75) is 44.8 Å². The van der Waals surface area contributed by atoms with Gasteiger partial charge in [0.1, 0.15) is 6.04 Å². The molecule has 0 spiro atoms. The lowest BCUT2D eigenvalue weighted by Gasteiger charge is -2.17. The van der Waals surface area contributed by atoms with Gasteiger partial charge < -0.3 is 15.5 Å². The fraction of sp³-hybridized carbons (Fsp3) is 0.529. The van der Waals surface area contributed by atoms with Crippen LogP contribution in [0.3, 0.4) is 0 Å². The SMILES string of the molecule is CC[C@@H]1C[C@H]1NC(=O)NC1CCN(Cc2ccccc2)C1=O. The fourth-order valence-corrected chi connectivity index (χ4v) is 3.08. The quantitative estimate of drug-likeness (QED) is 0.872. The van der Waals surface area contributed by atoms with E-state index < -0.39 is 0 Å². The zero-order chi connectivity index (χ0) is 15.5. The minimum Gasteiger partial charge on any atom is -0.336 e. The number of hydrogen-bond acceptors (Lipinski definition) is 2. The number of amides is 3. The van der Waals surface area contributed by atoms with Gasteiger partial charge in [-0.3, -0.25) is 4.79 Å². The van der Waals surface area contributed by atoms with Crippen molar-refractivity contribution in [3.63, 3.8) is 0 Å². The molecule has 1 aromatic rings. The molecule has 5 nitrogen and oxygen atoms in total. The lowest BCUT2D eigenvalue weighted by molar-refractivity contribution is -0.129. The Balaban J connectivity index is 1.47. The Hall–Kier alpha value is -2.04. The predicted octanol–water partition coefficient (Wildman–Crippen LogP) is 1.89. The lowest BCUT2D eigenvalue weighted by Crippen LogP contribution is -2.46. The molecule has 1 aliphatic carbocycles. The molecule has 3 rings (SSSR count). The molecule has 0 aromatic heterocycles. The van der Waals surface area contributed by atoms with Crippen LogP contribution in [0.25, 0.3) is 0 Å². The summed E-state index contributed by atoms with van der Waals surface area (Å²) in [5.41, 5.74) is 1.12. The summed E-state index contributed by atoms with van der Waals surface area (Å²) < 4.78 is 0. The van der Waals surface area contributed by atoms with Crippen molar-refractivity contribution in [2.75, 3.05) is 6.54 Å². The number of nitrogens with zero attached hydrogens (tertiary/aromatic N) is 1. The molecular weight excluding hydrogens is 278 g/mol. The lowest BCUT2D eigenvalue weighted by atomic mass is 10.2. The number of hydrogen-bond donors (Lipinski definition) is 2. The van der Waals surface area contributed by atoms with Crippen LogP contribution in [-0.4, -0.2) is 35.5 Å². The maximum absolute atomic E-state index is 12.4. The second kappa shape index (κ2) is 6.38. The highest BCUT2D eigenvalue weighted by atomic mass is 16.2. The van der Waals surface area contributed by atoms with Gasteiger partial charge in [0.25, 0.3) is 0 Å². The molecule has 5 heteroatoms. The predicted molar refractivity (Wildman–Crippen MR) is 84.1 cm³/mol. The first kappa shape index (κ1) is 14.9. The molecule has 1 aromatic carbocycles. The minimum absolute atomic E-state index is 0.0156. The van der Waals surface area contributed by atoms with E-state index in [0.29, 0.717) is 31.5 Å². The van der Waals surface area contributed by atoms with Crippen molar-refractivity contribution in [3.8, 4) is 0 Å². The molecule has 1 saturated carbocycles. The molecule has 1 heterocycles. The third kappa shape index (κ3) is 3.40. The molecule has 2 aliphatic rings. The number of rotatable bonds is 5. The van der Waals surface area contributed by atoms with Crippen LogP contribution in [0.2, 0.25) is 0 Å². The number of urea groups is 1. The molecular formula is C17H23N3O2. The molecule has 0 bridgehead atoms. The molecule has 2 N–H and O–H groups in total. The van der Waals surface area contributed by atoms with E-state index in [9.17, 15) is 9.59 Å². The molecule has 3 amide bonds. The van der Waals surface area contributed by atoms with Gasteiger partial charge in [-0.2, -0.15) is 0 Å². The summed E-state index contributed by atoms with van der Waals surface area (Å²) in [6.45, 7) is 3.44. The van der Waals surface area contributed by atoms with Crippen LogP contribution in [0.4, 0.5) is 4.79 Å². The van der Waals surface area contributed by atoms with E-state index in [1.54, 1.807) is 0 Å². The van der Waals surface area contributed by atoms with Gasteiger partial charge in [0.2, 0.25) is 5.91 Å². The Labute approximate surface area is 131 Å². The number of likely N-dealkylation sites (tertiary alicyclic amines) is 1. The Morgan fingerprint density at radius 3 is 2.73 bits per heavy atom. The maximum atomic E-state index is 12.4. The molecule has 22 heavy (non-hydrogen) atoms. The van der Waals surface area contributed by atoms with Crippen molar-refractivity contribution in [1.29, 1.82) is 0 Å². The third-order valence-electron chi connectivity index (χ3n) is 4.58. The summed E-state index contributed by atoms with van der Waals surface area (Å²) in [6, 6.07) is 9.63. The van der Waals surface area contributed by atoms with Crippen LogP contribution in [0, 0.1) is 5.92 Å². The van der Waals surface area contributed by atoms with Crippen LogP contribution in [0.15, 0.2) is 30.3 Å². The van der Waals surface area contributed by atoms with Crippen LogP contribution in [0.5, 0.6) is 0 Å². The number of benzene rings is 1. The maximum Gasteiger partial charge on any atom is 0.315 e. The first-order valence-electron chi connectivity index (χ1n) is 8.07. The highest BCUT2D eigenvalue weighted by Crippen LogP contribution is 2.32. The van der Waals surface area contributed by atoms with Crippen molar-refractivity contribution < 1.29 is 9.59 Å². The molecule has 3 atom stereocenters. The van der Waals surface area contributed by atoms with Gasteiger partial charge in [-0.25, -0.2) is 4.79 Å². The van der Waals surface area contributed by atoms with Gasteiger partial charge in [0.15, 0.2) is 0 Å². The highest BCUT2D eigenvalue weighted by Gasteiger charge is 2.38. The van der Waals surface area contributed by atoms with Crippen molar-refractivity contribution in [1.82, 2.24) is 15.5 Å². The van der Waals surface area contributed by atoms with Gasteiger partial charge in [-0.1, -0.05) is 43.7 Å². The Morgan fingerprint density at radius 1 is 1.27 bits per heavy atom. The monoisotopic (exact) mass is 301 g/mol.